The Kier molecular flexibility index (Phi) is 4.07. The van der Waals surface area contributed by atoms with E-state index in [-0.39, 0.29) is 12.1 Å². The topological polar surface area (TPSA) is 54.4 Å². The third kappa shape index (κ3) is 2.93. The lowest BCUT2D eigenvalue weighted by Gasteiger charge is -2.39. The molecule has 0 bridgehead atoms. The Morgan fingerprint density at radius 1 is 1.44 bits per heavy atom. The molecule has 18 heavy (non-hydrogen) atoms. The minimum atomic E-state index is -0.200. The quantitative estimate of drug-likeness (QED) is 0.862. The van der Waals surface area contributed by atoms with Gasteiger partial charge in [0, 0.05) is 0 Å². The first-order valence-corrected chi connectivity index (χ1v) is 6.56. The van der Waals surface area contributed by atoms with Gasteiger partial charge in [-0.2, -0.15) is 0 Å². The summed E-state index contributed by atoms with van der Waals surface area (Å²) in [5.41, 5.74) is -0.200. The van der Waals surface area contributed by atoms with Gasteiger partial charge in [-0.1, -0.05) is 6.92 Å². The number of aliphatic hydroxyl groups is 1. The SMILES string of the molecule is COc1ccc(NC2(CO)CCC(C)CC2)nc1. The van der Waals surface area contributed by atoms with Gasteiger partial charge in [0.05, 0.1) is 25.5 Å². The van der Waals surface area contributed by atoms with Crippen molar-refractivity contribution < 1.29 is 9.84 Å². The van der Waals surface area contributed by atoms with Gasteiger partial charge in [-0.3, -0.25) is 0 Å². The number of ether oxygens (including phenoxy) is 1. The number of nitrogens with zero attached hydrogens (tertiary/aromatic N) is 1. The molecule has 0 aliphatic heterocycles. The molecule has 4 nitrogen and oxygen atoms in total. The highest BCUT2D eigenvalue weighted by atomic mass is 16.5. The molecule has 1 aliphatic rings. The molecular formula is C14H22N2O2. The van der Waals surface area contributed by atoms with Gasteiger partial charge in [0.15, 0.2) is 0 Å². The molecule has 2 N–H and O–H groups in total. The highest BCUT2D eigenvalue weighted by Crippen LogP contribution is 2.34. The van der Waals surface area contributed by atoms with E-state index in [4.69, 9.17) is 4.74 Å². The maximum atomic E-state index is 9.67. The number of anilines is 1. The Labute approximate surface area is 108 Å². The molecule has 1 aromatic heterocycles. The van der Waals surface area contributed by atoms with Crippen molar-refractivity contribution in [3.05, 3.63) is 18.3 Å². The zero-order valence-corrected chi connectivity index (χ0v) is 11.1. The number of hydrogen-bond acceptors (Lipinski definition) is 4. The predicted octanol–water partition coefficient (Wildman–Crippen LogP) is 2.44. The molecule has 0 saturated heterocycles. The van der Waals surface area contributed by atoms with Crippen molar-refractivity contribution in [2.24, 2.45) is 5.92 Å². The van der Waals surface area contributed by atoms with Crippen LogP contribution >= 0.6 is 0 Å². The van der Waals surface area contributed by atoms with Gasteiger partial charge in [-0.15, -0.1) is 0 Å². The molecule has 1 aromatic rings. The molecule has 0 atom stereocenters. The van der Waals surface area contributed by atoms with Gasteiger partial charge in [0.1, 0.15) is 11.6 Å². The van der Waals surface area contributed by atoms with E-state index in [0.717, 1.165) is 43.2 Å². The minimum Gasteiger partial charge on any atom is -0.495 e. The second-order valence-electron chi connectivity index (χ2n) is 5.33. The first-order valence-electron chi connectivity index (χ1n) is 6.56. The number of aromatic nitrogens is 1. The number of aliphatic hydroxyl groups excluding tert-OH is 1. The molecule has 0 amide bonds. The third-order valence-electron chi connectivity index (χ3n) is 3.90. The predicted molar refractivity (Wildman–Crippen MR) is 71.9 cm³/mol. The first-order chi connectivity index (χ1) is 8.67. The van der Waals surface area contributed by atoms with E-state index in [1.807, 2.05) is 12.1 Å². The molecule has 0 radical (unpaired) electrons. The van der Waals surface area contributed by atoms with E-state index in [9.17, 15) is 5.11 Å². The van der Waals surface area contributed by atoms with Crippen molar-refractivity contribution in [3.8, 4) is 5.75 Å². The molecular weight excluding hydrogens is 228 g/mol. The molecule has 100 valence electrons. The number of rotatable bonds is 4. The van der Waals surface area contributed by atoms with Crippen LogP contribution in [0.4, 0.5) is 5.82 Å². The van der Waals surface area contributed by atoms with Crippen molar-refractivity contribution in [2.75, 3.05) is 19.0 Å². The Morgan fingerprint density at radius 2 is 2.17 bits per heavy atom. The fourth-order valence-electron chi connectivity index (χ4n) is 2.48. The molecule has 0 aromatic carbocycles. The summed E-state index contributed by atoms with van der Waals surface area (Å²) in [6.07, 6.45) is 6.00. The summed E-state index contributed by atoms with van der Waals surface area (Å²) in [4.78, 5) is 4.31. The van der Waals surface area contributed by atoms with E-state index >= 15 is 0 Å². The van der Waals surface area contributed by atoms with Gasteiger partial charge in [0.25, 0.3) is 0 Å². The lowest BCUT2D eigenvalue weighted by atomic mass is 9.77. The van der Waals surface area contributed by atoms with Crippen LogP contribution in [0.1, 0.15) is 32.6 Å². The molecule has 1 fully saturated rings. The van der Waals surface area contributed by atoms with E-state index in [1.54, 1.807) is 13.3 Å². The standard InChI is InChI=1S/C14H22N2O2/c1-11-5-7-14(10-17,8-6-11)16-13-4-3-12(18-2)9-15-13/h3-4,9,11,17H,5-8,10H2,1-2H3,(H,15,16). The van der Waals surface area contributed by atoms with Crippen molar-refractivity contribution in [2.45, 2.75) is 38.1 Å². The Balaban J connectivity index is 2.05. The van der Waals surface area contributed by atoms with Crippen LogP contribution in [-0.2, 0) is 0 Å². The molecule has 2 rings (SSSR count). The summed E-state index contributed by atoms with van der Waals surface area (Å²) in [5.74, 6) is 2.31. The monoisotopic (exact) mass is 250 g/mol. The number of hydrogen-bond donors (Lipinski definition) is 2. The van der Waals surface area contributed by atoms with Crippen LogP contribution in [-0.4, -0.2) is 29.3 Å². The molecule has 0 unspecified atom stereocenters. The molecule has 1 saturated carbocycles. The highest BCUT2D eigenvalue weighted by molar-refractivity contribution is 5.40. The van der Waals surface area contributed by atoms with Crippen LogP contribution in [0.2, 0.25) is 0 Å². The number of pyridine rings is 1. The second-order valence-corrected chi connectivity index (χ2v) is 5.33. The normalized spacial score (nSPS) is 27.8. The fourth-order valence-corrected chi connectivity index (χ4v) is 2.48. The minimum absolute atomic E-state index is 0.160. The average Bonchev–Trinajstić information content (AvgIpc) is 2.43. The summed E-state index contributed by atoms with van der Waals surface area (Å²) in [6, 6.07) is 3.78. The average molecular weight is 250 g/mol. The van der Waals surface area contributed by atoms with Gasteiger partial charge >= 0.3 is 0 Å². The van der Waals surface area contributed by atoms with Crippen molar-refractivity contribution in [1.29, 1.82) is 0 Å². The Hall–Kier alpha value is -1.29. The lowest BCUT2D eigenvalue weighted by molar-refractivity contribution is 0.155. The fraction of sp³-hybridized carbons (Fsp3) is 0.643. The van der Waals surface area contributed by atoms with Crippen molar-refractivity contribution in [3.63, 3.8) is 0 Å². The Morgan fingerprint density at radius 3 is 2.67 bits per heavy atom. The largest absolute Gasteiger partial charge is 0.495 e. The zero-order chi connectivity index (χ0) is 13.0. The third-order valence-corrected chi connectivity index (χ3v) is 3.90. The summed E-state index contributed by atoms with van der Waals surface area (Å²) >= 11 is 0. The number of nitrogens with one attached hydrogen (secondary N) is 1. The van der Waals surface area contributed by atoms with Crippen LogP contribution in [0.25, 0.3) is 0 Å². The number of methoxy groups -OCH3 is 1. The van der Waals surface area contributed by atoms with E-state index in [2.05, 4.69) is 17.2 Å². The second kappa shape index (κ2) is 5.57. The Bertz CT molecular complexity index is 370. The van der Waals surface area contributed by atoms with Gasteiger partial charge in [-0.05, 0) is 43.7 Å². The molecule has 1 aliphatic carbocycles. The zero-order valence-electron chi connectivity index (χ0n) is 11.1. The smallest absolute Gasteiger partial charge is 0.137 e. The van der Waals surface area contributed by atoms with Crippen LogP contribution in [0.5, 0.6) is 5.75 Å². The summed E-state index contributed by atoms with van der Waals surface area (Å²) in [5, 5.41) is 13.1. The van der Waals surface area contributed by atoms with Gasteiger partial charge < -0.3 is 15.2 Å². The maximum Gasteiger partial charge on any atom is 0.137 e. The highest BCUT2D eigenvalue weighted by Gasteiger charge is 2.33. The van der Waals surface area contributed by atoms with Crippen LogP contribution in [0.15, 0.2) is 18.3 Å². The van der Waals surface area contributed by atoms with Crippen LogP contribution < -0.4 is 10.1 Å². The lowest BCUT2D eigenvalue weighted by Crippen LogP contribution is -2.45. The summed E-state index contributed by atoms with van der Waals surface area (Å²) in [7, 11) is 1.63. The van der Waals surface area contributed by atoms with E-state index in [0.29, 0.717) is 0 Å². The van der Waals surface area contributed by atoms with Gasteiger partial charge in [0.2, 0.25) is 0 Å². The van der Waals surface area contributed by atoms with Crippen LogP contribution in [0, 0.1) is 5.92 Å². The maximum absolute atomic E-state index is 9.67. The summed E-state index contributed by atoms with van der Waals surface area (Å²) < 4.78 is 5.09. The first kappa shape index (κ1) is 13.1. The van der Waals surface area contributed by atoms with Crippen LogP contribution in [0.3, 0.4) is 0 Å². The van der Waals surface area contributed by atoms with Crippen molar-refractivity contribution in [1.82, 2.24) is 4.98 Å². The van der Waals surface area contributed by atoms with E-state index < -0.39 is 0 Å². The summed E-state index contributed by atoms with van der Waals surface area (Å²) in [6.45, 7) is 2.43. The van der Waals surface area contributed by atoms with Gasteiger partial charge in [-0.25, -0.2) is 4.98 Å². The molecule has 4 heteroatoms. The molecule has 0 spiro atoms. The van der Waals surface area contributed by atoms with Crippen molar-refractivity contribution >= 4 is 5.82 Å². The van der Waals surface area contributed by atoms with E-state index in [1.165, 1.54) is 0 Å². The molecule has 1 heterocycles.